The number of fused-ring (bicyclic) bond motifs is 1. The summed E-state index contributed by atoms with van der Waals surface area (Å²) >= 11 is 0. The first-order chi connectivity index (χ1) is 11.2. The quantitative estimate of drug-likeness (QED) is 0.725. The van der Waals surface area contributed by atoms with Gasteiger partial charge in [-0.2, -0.15) is 0 Å². The molecule has 0 unspecified atom stereocenters. The standard InChI is InChI=1S/C19H20FNO2/c1-2-18-16(15-5-3-4-6-19(15)23-18)11-21-10-13-7-8-17(20)14(9-13)12-22/h3-9,21-22H,2,10-12H2,1H3. The van der Waals surface area contributed by atoms with Gasteiger partial charge >= 0.3 is 0 Å². The molecule has 1 aromatic heterocycles. The maximum Gasteiger partial charge on any atom is 0.134 e. The monoisotopic (exact) mass is 313 g/mol. The number of hydrogen-bond donors (Lipinski definition) is 2. The lowest BCUT2D eigenvalue weighted by Gasteiger charge is -2.07. The summed E-state index contributed by atoms with van der Waals surface area (Å²) in [5, 5.41) is 13.6. The van der Waals surface area contributed by atoms with Crippen molar-refractivity contribution in [3.8, 4) is 0 Å². The second-order valence-corrected chi connectivity index (χ2v) is 5.54. The molecule has 4 heteroatoms. The summed E-state index contributed by atoms with van der Waals surface area (Å²) in [6.45, 7) is 3.09. The van der Waals surface area contributed by atoms with Crippen LogP contribution in [0.1, 0.15) is 29.4 Å². The molecule has 3 nitrogen and oxygen atoms in total. The second-order valence-electron chi connectivity index (χ2n) is 5.54. The molecule has 23 heavy (non-hydrogen) atoms. The topological polar surface area (TPSA) is 45.4 Å². The molecular formula is C19H20FNO2. The maximum absolute atomic E-state index is 13.4. The highest BCUT2D eigenvalue weighted by molar-refractivity contribution is 5.82. The van der Waals surface area contributed by atoms with Gasteiger partial charge in [-0.05, 0) is 23.8 Å². The summed E-state index contributed by atoms with van der Waals surface area (Å²) in [7, 11) is 0. The smallest absolute Gasteiger partial charge is 0.134 e. The number of rotatable bonds is 6. The summed E-state index contributed by atoms with van der Waals surface area (Å²) in [6, 6.07) is 12.8. The third-order valence-corrected chi connectivity index (χ3v) is 4.01. The van der Waals surface area contributed by atoms with Gasteiger partial charge in [0, 0.05) is 36.0 Å². The van der Waals surface area contributed by atoms with Crippen molar-refractivity contribution < 1.29 is 13.9 Å². The van der Waals surface area contributed by atoms with Crippen LogP contribution in [0.5, 0.6) is 0 Å². The SMILES string of the molecule is CCc1oc2ccccc2c1CNCc1ccc(F)c(CO)c1. The van der Waals surface area contributed by atoms with Crippen molar-refractivity contribution in [2.45, 2.75) is 33.0 Å². The zero-order chi connectivity index (χ0) is 16.2. The van der Waals surface area contributed by atoms with Crippen LogP contribution in [0, 0.1) is 5.82 Å². The van der Waals surface area contributed by atoms with E-state index in [1.54, 1.807) is 12.1 Å². The van der Waals surface area contributed by atoms with E-state index in [2.05, 4.69) is 18.3 Å². The molecule has 0 radical (unpaired) electrons. The number of aliphatic hydroxyl groups is 1. The maximum atomic E-state index is 13.4. The van der Waals surface area contributed by atoms with Gasteiger partial charge in [-0.3, -0.25) is 0 Å². The predicted molar refractivity (Wildman–Crippen MR) is 88.5 cm³/mol. The van der Waals surface area contributed by atoms with Crippen molar-refractivity contribution in [3.05, 3.63) is 70.7 Å². The highest BCUT2D eigenvalue weighted by Gasteiger charge is 2.12. The van der Waals surface area contributed by atoms with E-state index in [1.165, 1.54) is 11.6 Å². The van der Waals surface area contributed by atoms with Crippen LogP contribution >= 0.6 is 0 Å². The van der Waals surface area contributed by atoms with Crippen molar-refractivity contribution in [1.82, 2.24) is 5.32 Å². The van der Waals surface area contributed by atoms with Gasteiger partial charge in [-0.25, -0.2) is 4.39 Å². The number of benzene rings is 2. The van der Waals surface area contributed by atoms with Crippen LogP contribution in [-0.4, -0.2) is 5.11 Å². The number of hydrogen-bond acceptors (Lipinski definition) is 3. The minimum absolute atomic E-state index is 0.286. The number of aliphatic hydroxyl groups excluding tert-OH is 1. The Labute approximate surface area is 134 Å². The highest BCUT2D eigenvalue weighted by Crippen LogP contribution is 2.26. The zero-order valence-electron chi connectivity index (χ0n) is 13.1. The van der Waals surface area contributed by atoms with Gasteiger partial charge in [-0.15, -0.1) is 0 Å². The Morgan fingerprint density at radius 3 is 2.74 bits per heavy atom. The van der Waals surface area contributed by atoms with E-state index in [-0.39, 0.29) is 12.4 Å². The van der Waals surface area contributed by atoms with Gasteiger partial charge in [0.25, 0.3) is 0 Å². The van der Waals surface area contributed by atoms with Crippen LogP contribution in [0.2, 0.25) is 0 Å². The molecule has 0 atom stereocenters. The molecule has 0 saturated heterocycles. The third-order valence-electron chi connectivity index (χ3n) is 4.01. The fourth-order valence-corrected chi connectivity index (χ4v) is 2.82. The van der Waals surface area contributed by atoms with E-state index in [0.29, 0.717) is 18.7 Å². The van der Waals surface area contributed by atoms with Crippen LogP contribution in [0.3, 0.4) is 0 Å². The average Bonchev–Trinajstić information content (AvgIpc) is 2.94. The Balaban J connectivity index is 1.74. The normalized spacial score (nSPS) is 11.3. The van der Waals surface area contributed by atoms with E-state index in [0.717, 1.165) is 28.7 Å². The Morgan fingerprint density at radius 1 is 1.13 bits per heavy atom. The number of nitrogens with one attached hydrogen (secondary N) is 1. The van der Waals surface area contributed by atoms with E-state index >= 15 is 0 Å². The third kappa shape index (κ3) is 3.28. The Hall–Kier alpha value is -2.17. The summed E-state index contributed by atoms with van der Waals surface area (Å²) in [5.74, 6) is 0.624. The molecule has 0 amide bonds. The van der Waals surface area contributed by atoms with Crippen LogP contribution in [0.15, 0.2) is 46.9 Å². The zero-order valence-corrected chi connectivity index (χ0v) is 13.1. The molecule has 0 aliphatic carbocycles. The van der Waals surface area contributed by atoms with Crippen molar-refractivity contribution in [2.24, 2.45) is 0 Å². The molecular weight excluding hydrogens is 293 g/mol. The summed E-state index contributed by atoms with van der Waals surface area (Å²) in [5.41, 5.74) is 3.35. The Bertz CT molecular complexity index is 810. The minimum Gasteiger partial charge on any atom is -0.461 e. The lowest BCUT2D eigenvalue weighted by Crippen LogP contribution is -2.13. The van der Waals surface area contributed by atoms with Crippen molar-refractivity contribution in [2.75, 3.05) is 0 Å². The van der Waals surface area contributed by atoms with Crippen LogP contribution < -0.4 is 5.32 Å². The molecule has 0 aliphatic rings. The molecule has 3 rings (SSSR count). The fourth-order valence-electron chi connectivity index (χ4n) is 2.82. The van der Waals surface area contributed by atoms with Gasteiger partial charge in [0.1, 0.15) is 17.2 Å². The van der Waals surface area contributed by atoms with Crippen molar-refractivity contribution in [3.63, 3.8) is 0 Å². The molecule has 1 heterocycles. The molecule has 0 saturated carbocycles. The van der Waals surface area contributed by atoms with E-state index < -0.39 is 0 Å². The Morgan fingerprint density at radius 2 is 1.96 bits per heavy atom. The van der Waals surface area contributed by atoms with Crippen molar-refractivity contribution in [1.29, 1.82) is 0 Å². The van der Waals surface area contributed by atoms with Gasteiger partial charge in [0.05, 0.1) is 6.61 Å². The molecule has 0 fully saturated rings. The van der Waals surface area contributed by atoms with E-state index in [1.807, 2.05) is 18.2 Å². The first kappa shape index (κ1) is 15.7. The molecule has 0 spiro atoms. The first-order valence-electron chi connectivity index (χ1n) is 7.81. The molecule has 3 aromatic rings. The van der Waals surface area contributed by atoms with Crippen LogP contribution in [0.4, 0.5) is 4.39 Å². The lowest BCUT2D eigenvalue weighted by molar-refractivity contribution is 0.275. The van der Waals surface area contributed by atoms with Gasteiger partial charge in [0.2, 0.25) is 0 Å². The summed E-state index contributed by atoms with van der Waals surface area (Å²) in [6.07, 6.45) is 0.844. The van der Waals surface area contributed by atoms with Gasteiger partial charge in [0.15, 0.2) is 0 Å². The molecule has 0 bridgehead atoms. The Kier molecular flexibility index (Phi) is 4.74. The molecule has 120 valence electrons. The second kappa shape index (κ2) is 6.94. The minimum atomic E-state index is -0.370. The summed E-state index contributed by atoms with van der Waals surface area (Å²) in [4.78, 5) is 0. The predicted octanol–water partition coefficient (Wildman–Crippen LogP) is 3.92. The van der Waals surface area contributed by atoms with Crippen LogP contribution in [-0.2, 0) is 26.1 Å². The molecule has 2 aromatic carbocycles. The number of furan rings is 1. The lowest BCUT2D eigenvalue weighted by atomic mass is 10.1. The van der Waals surface area contributed by atoms with Gasteiger partial charge in [-0.1, -0.05) is 31.2 Å². The molecule has 2 N–H and O–H groups in total. The van der Waals surface area contributed by atoms with Crippen molar-refractivity contribution >= 4 is 11.0 Å². The first-order valence-corrected chi connectivity index (χ1v) is 7.81. The number of para-hydroxylation sites is 1. The van der Waals surface area contributed by atoms with E-state index in [9.17, 15) is 4.39 Å². The number of halogens is 1. The largest absolute Gasteiger partial charge is 0.461 e. The summed E-state index contributed by atoms with van der Waals surface area (Å²) < 4.78 is 19.3. The number of aryl methyl sites for hydroxylation is 1. The van der Waals surface area contributed by atoms with E-state index in [4.69, 9.17) is 9.52 Å². The fraction of sp³-hybridized carbons (Fsp3) is 0.263. The highest BCUT2D eigenvalue weighted by atomic mass is 19.1. The van der Waals surface area contributed by atoms with Crippen LogP contribution in [0.25, 0.3) is 11.0 Å². The molecule has 0 aliphatic heterocycles. The average molecular weight is 313 g/mol. The van der Waals surface area contributed by atoms with Gasteiger partial charge < -0.3 is 14.8 Å².